The van der Waals surface area contributed by atoms with Gasteiger partial charge >= 0.3 is 9.24 Å². The third-order valence-corrected chi connectivity index (χ3v) is 4.05. The molecule has 0 N–H and O–H groups in total. The number of rotatable bonds is 4. The molecular weight excluding hydrogens is 238 g/mol. The van der Waals surface area contributed by atoms with Crippen molar-refractivity contribution in [2.75, 3.05) is 0 Å². The third kappa shape index (κ3) is 2.45. The van der Waals surface area contributed by atoms with Crippen molar-refractivity contribution in [3.63, 3.8) is 0 Å². The van der Waals surface area contributed by atoms with Gasteiger partial charge in [-0.15, -0.1) is 0 Å². The standard InChI is InChI=1S/C9H16ClNO3S/c1-4-7-8(5-6(2)3)11(9(7)12)15(10,13)14/h6-8H,4-5H2,1-3H3. The molecule has 15 heavy (non-hydrogen) atoms. The van der Waals surface area contributed by atoms with Crippen molar-refractivity contribution in [1.82, 2.24) is 4.31 Å². The van der Waals surface area contributed by atoms with Gasteiger partial charge in [-0.25, -0.2) is 4.31 Å². The van der Waals surface area contributed by atoms with E-state index in [4.69, 9.17) is 10.7 Å². The number of halogens is 1. The molecule has 88 valence electrons. The monoisotopic (exact) mass is 253 g/mol. The molecule has 1 aliphatic heterocycles. The summed E-state index contributed by atoms with van der Waals surface area (Å²) in [5.74, 6) is -0.197. The molecule has 1 rings (SSSR count). The van der Waals surface area contributed by atoms with Crippen molar-refractivity contribution in [2.45, 2.75) is 39.7 Å². The molecule has 0 radical (unpaired) electrons. The van der Waals surface area contributed by atoms with Crippen molar-refractivity contribution in [3.8, 4) is 0 Å². The smallest absolute Gasteiger partial charge is 0.273 e. The summed E-state index contributed by atoms with van der Waals surface area (Å²) in [6, 6.07) is -0.245. The zero-order valence-corrected chi connectivity index (χ0v) is 10.7. The highest BCUT2D eigenvalue weighted by molar-refractivity contribution is 8.12. The Labute approximate surface area is 95.1 Å². The Kier molecular flexibility index (Phi) is 3.66. The Morgan fingerprint density at radius 3 is 2.33 bits per heavy atom. The molecule has 0 aliphatic carbocycles. The van der Waals surface area contributed by atoms with Gasteiger partial charge in [0.25, 0.3) is 0 Å². The van der Waals surface area contributed by atoms with Crippen LogP contribution in [0.15, 0.2) is 0 Å². The zero-order chi connectivity index (χ0) is 11.8. The fourth-order valence-corrected chi connectivity index (χ4v) is 3.45. The van der Waals surface area contributed by atoms with Crippen molar-refractivity contribution in [2.24, 2.45) is 11.8 Å². The van der Waals surface area contributed by atoms with Crippen molar-refractivity contribution >= 4 is 25.8 Å². The summed E-state index contributed by atoms with van der Waals surface area (Å²) in [5, 5.41) is 0. The second kappa shape index (κ2) is 4.29. The highest BCUT2D eigenvalue weighted by Crippen LogP contribution is 2.37. The van der Waals surface area contributed by atoms with E-state index in [1.54, 1.807) is 0 Å². The van der Waals surface area contributed by atoms with Crippen LogP contribution in [-0.4, -0.2) is 24.7 Å². The minimum Gasteiger partial charge on any atom is -0.273 e. The summed E-state index contributed by atoms with van der Waals surface area (Å²) in [5.41, 5.74) is 0. The second-order valence-corrected chi connectivity index (χ2v) is 6.68. The molecule has 0 spiro atoms. The van der Waals surface area contributed by atoms with Gasteiger partial charge in [0, 0.05) is 10.7 Å². The van der Waals surface area contributed by atoms with E-state index in [-0.39, 0.29) is 17.9 Å². The van der Waals surface area contributed by atoms with Gasteiger partial charge in [0.15, 0.2) is 0 Å². The van der Waals surface area contributed by atoms with Gasteiger partial charge < -0.3 is 0 Å². The van der Waals surface area contributed by atoms with Crippen LogP contribution >= 0.6 is 10.7 Å². The Hall–Kier alpha value is -0.290. The van der Waals surface area contributed by atoms with E-state index in [1.165, 1.54) is 0 Å². The predicted octanol–water partition coefficient (Wildman–Crippen LogP) is 1.75. The summed E-state index contributed by atoms with van der Waals surface area (Å²) in [4.78, 5) is 11.5. The summed E-state index contributed by atoms with van der Waals surface area (Å²) < 4.78 is 23.1. The van der Waals surface area contributed by atoms with E-state index in [9.17, 15) is 13.2 Å². The summed E-state index contributed by atoms with van der Waals surface area (Å²) >= 11 is 0. The van der Waals surface area contributed by atoms with Gasteiger partial charge in [-0.3, -0.25) is 4.79 Å². The number of carbonyl (C=O) groups excluding carboxylic acids is 1. The van der Waals surface area contributed by atoms with Crippen LogP contribution in [-0.2, 0) is 14.0 Å². The SMILES string of the molecule is CCC1C(=O)N(S(=O)(=O)Cl)C1CC(C)C. The Balaban J connectivity index is 2.85. The fourth-order valence-electron chi connectivity index (χ4n) is 2.03. The molecule has 0 bridgehead atoms. The summed E-state index contributed by atoms with van der Waals surface area (Å²) in [7, 11) is 1.31. The van der Waals surface area contributed by atoms with E-state index in [1.807, 2.05) is 20.8 Å². The van der Waals surface area contributed by atoms with E-state index in [0.717, 1.165) is 4.31 Å². The number of hydrogen-bond acceptors (Lipinski definition) is 3. The highest BCUT2D eigenvalue weighted by atomic mass is 35.7. The van der Waals surface area contributed by atoms with Crippen molar-refractivity contribution in [1.29, 1.82) is 0 Å². The van der Waals surface area contributed by atoms with Crippen LogP contribution in [0.25, 0.3) is 0 Å². The fraction of sp³-hybridized carbons (Fsp3) is 0.889. The van der Waals surface area contributed by atoms with Crippen LogP contribution in [0.5, 0.6) is 0 Å². The molecule has 6 heteroatoms. The molecule has 1 aliphatic rings. The molecule has 2 unspecified atom stereocenters. The number of nitrogens with zero attached hydrogens (tertiary/aromatic N) is 1. The molecule has 1 heterocycles. The normalized spacial score (nSPS) is 27.0. The molecule has 0 aromatic carbocycles. The van der Waals surface area contributed by atoms with Gasteiger partial charge in [0.1, 0.15) is 0 Å². The zero-order valence-electron chi connectivity index (χ0n) is 9.10. The predicted molar refractivity (Wildman–Crippen MR) is 58.6 cm³/mol. The third-order valence-electron chi connectivity index (χ3n) is 2.69. The maximum Gasteiger partial charge on any atom is 0.324 e. The van der Waals surface area contributed by atoms with Gasteiger partial charge in [0.2, 0.25) is 5.91 Å². The van der Waals surface area contributed by atoms with Gasteiger partial charge in [-0.2, -0.15) is 8.42 Å². The van der Waals surface area contributed by atoms with Gasteiger partial charge in [-0.1, -0.05) is 20.8 Å². The minimum absolute atomic E-state index is 0.180. The first-order valence-corrected chi connectivity index (χ1v) is 7.33. The maximum atomic E-state index is 11.5. The molecule has 0 aromatic heterocycles. The van der Waals surface area contributed by atoms with Crippen LogP contribution in [0.3, 0.4) is 0 Å². The summed E-state index contributed by atoms with van der Waals surface area (Å²) in [6.45, 7) is 5.87. The van der Waals surface area contributed by atoms with Crippen LogP contribution in [0.4, 0.5) is 0 Å². The lowest BCUT2D eigenvalue weighted by Gasteiger charge is -2.44. The topological polar surface area (TPSA) is 54.5 Å². The number of carbonyl (C=O) groups is 1. The van der Waals surface area contributed by atoms with E-state index >= 15 is 0 Å². The molecule has 1 saturated heterocycles. The quantitative estimate of drug-likeness (QED) is 0.567. The Morgan fingerprint density at radius 1 is 1.47 bits per heavy atom. The molecular formula is C9H16ClNO3S. The minimum atomic E-state index is -3.90. The molecule has 0 saturated carbocycles. The van der Waals surface area contributed by atoms with E-state index < -0.39 is 9.24 Å². The lowest BCUT2D eigenvalue weighted by Crippen LogP contribution is -2.61. The van der Waals surface area contributed by atoms with Crippen molar-refractivity contribution in [3.05, 3.63) is 0 Å². The first-order chi connectivity index (χ1) is 6.79. The Bertz CT molecular complexity index is 352. The largest absolute Gasteiger partial charge is 0.324 e. The highest BCUT2D eigenvalue weighted by Gasteiger charge is 2.51. The summed E-state index contributed by atoms with van der Waals surface area (Å²) in [6.07, 6.45) is 1.34. The van der Waals surface area contributed by atoms with Crippen molar-refractivity contribution < 1.29 is 13.2 Å². The van der Waals surface area contributed by atoms with Crippen LogP contribution in [0, 0.1) is 11.8 Å². The lowest BCUT2D eigenvalue weighted by atomic mass is 9.83. The number of amides is 1. The average Bonchev–Trinajstić information content (AvgIpc) is 2.00. The van der Waals surface area contributed by atoms with E-state index in [0.29, 0.717) is 18.8 Å². The maximum absolute atomic E-state index is 11.5. The molecule has 0 aromatic rings. The number of hydrogen-bond donors (Lipinski definition) is 0. The van der Waals surface area contributed by atoms with Crippen LogP contribution in [0.1, 0.15) is 33.6 Å². The molecule has 2 atom stereocenters. The lowest BCUT2D eigenvalue weighted by molar-refractivity contribution is -0.147. The molecule has 1 amide bonds. The van der Waals surface area contributed by atoms with Crippen LogP contribution in [0.2, 0.25) is 0 Å². The number of β-lactam (4-membered cyclic amide) rings is 1. The van der Waals surface area contributed by atoms with E-state index in [2.05, 4.69) is 0 Å². The van der Waals surface area contributed by atoms with Gasteiger partial charge in [-0.05, 0) is 18.8 Å². The first kappa shape index (κ1) is 12.8. The molecule has 4 nitrogen and oxygen atoms in total. The first-order valence-electron chi connectivity index (χ1n) is 5.06. The average molecular weight is 254 g/mol. The molecule has 1 fully saturated rings. The van der Waals surface area contributed by atoms with Crippen LogP contribution < -0.4 is 0 Å². The second-order valence-electron chi connectivity index (χ2n) is 4.29. The van der Waals surface area contributed by atoms with Gasteiger partial charge in [0.05, 0.1) is 12.0 Å². The Morgan fingerprint density at radius 2 is 2.00 bits per heavy atom.